The van der Waals surface area contributed by atoms with Gasteiger partial charge in [-0.1, -0.05) is 11.6 Å². The van der Waals surface area contributed by atoms with Crippen LogP contribution in [0, 0.1) is 6.92 Å². The van der Waals surface area contributed by atoms with Crippen LogP contribution in [0.1, 0.15) is 16.5 Å². The molecule has 0 aliphatic carbocycles. The van der Waals surface area contributed by atoms with Crippen molar-refractivity contribution in [2.45, 2.75) is 18.3 Å². The Morgan fingerprint density at radius 2 is 2.31 bits per heavy atom. The molecule has 16 heavy (non-hydrogen) atoms. The highest BCUT2D eigenvalue weighted by Gasteiger charge is 2.31. The van der Waals surface area contributed by atoms with Crippen molar-refractivity contribution < 1.29 is 15.0 Å². The monoisotopic (exact) mass is 239 g/mol. The zero-order valence-electron chi connectivity index (χ0n) is 8.80. The first kappa shape index (κ1) is 11.3. The summed E-state index contributed by atoms with van der Waals surface area (Å²) in [6.45, 7) is 1.94. The third-order valence-corrected chi connectivity index (χ3v) is 3.79. The zero-order valence-corrected chi connectivity index (χ0v) is 9.62. The number of phenolic OH excluding ortho intramolecular Hbond substituents is 1. The summed E-state index contributed by atoms with van der Waals surface area (Å²) in [7, 11) is 0. The average Bonchev–Trinajstić information content (AvgIpc) is 2.70. The van der Waals surface area contributed by atoms with Crippen LogP contribution in [0.25, 0.3) is 0 Å². The molecule has 0 spiro atoms. The largest absolute Gasteiger partial charge is 0.508 e. The summed E-state index contributed by atoms with van der Waals surface area (Å²) in [5.74, 6) is -0.114. The molecule has 0 bridgehead atoms. The Kier molecular flexibility index (Phi) is 3.07. The van der Waals surface area contributed by atoms with Crippen LogP contribution in [0.3, 0.4) is 0 Å². The fourth-order valence-electron chi connectivity index (χ4n) is 1.68. The Hall–Kier alpha value is -1.20. The SMILES string of the molecule is Cc1ccc(O)c(C2NC(C(=O)O)CS2)c1. The van der Waals surface area contributed by atoms with Crippen LogP contribution in [-0.4, -0.2) is 28.0 Å². The first-order valence-corrected chi connectivity index (χ1v) is 6.03. The fourth-order valence-corrected chi connectivity index (χ4v) is 2.93. The number of carbonyl (C=O) groups is 1. The third-order valence-electron chi connectivity index (χ3n) is 2.55. The van der Waals surface area contributed by atoms with Gasteiger partial charge in [0.15, 0.2) is 0 Å². The van der Waals surface area contributed by atoms with Crippen LogP contribution in [0.15, 0.2) is 18.2 Å². The number of aromatic hydroxyl groups is 1. The number of benzene rings is 1. The van der Waals surface area contributed by atoms with E-state index in [2.05, 4.69) is 5.32 Å². The number of thioether (sulfide) groups is 1. The van der Waals surface area contributed by atoms with Crippen LogP contribution in [0.4, 0.5) is 0 Å². The Labute approximate surface area is 97.7 Å². The molecule has 4 nitrogen and oxygen atoms in total. The van der Waals surface area contributed by atoms with Crippen molar-refractivity contribution in [2.75, 3.05) is 5.75 Å². The number of phenols is 1. The summed E-state index contributed by atoms with van der Waals surface area (Å²) in [5.41, 5.74) is 1.81. The second-order valence-corrected chi connectivity index (χ2v) is 4.97. The number of hydrogen-bond donors (Lipinski definition) is 3. The number of aliphatic carboxylic acids is 1. The normalized spacial score (nSPS) is 24.6. The number of hydrogen-bond acceptors (Lipinski definition) is 4. The number of nitrogens with one attached hydrogen (secondary N) is 1. The van der Waals surface area contributed by atoms with Gasteiger partial charge >= 0.3 is 5.97 Å². The van der Waals surface area contributed by atoms with Gasteiger partial charge in [-0.15, -0.1) is 11.8 Å². The topological polar surface area (TPSA) is 69.6 Å². The van der Waals surface area contributed by atoms with Crippen LogP contribution in [0.2, 0.25) is 0 Å². The van der Waals surface area contributed by atoms with Gasteiger partial charge in [0, 0.05) is 11.3 Å². The lowest BCUT2D eigenvalue weighted by Gasteiger charge is -2.13. The predicted molar refractivity (Wildman–Crippen MR) is 62.6 cm³/mol. The molecule has 86 valence electrons. The molecule has 1 fully saturated rings. The summed E-state index contributed by atoms with van der Waals surface area (Å²) >= 11 is 1.50. The average molecular weight is 239 g/mol. The molecule has 1 aromatic rings. The molecule has 2 rings (SSSR count). The number of rotatable bonds is 2. The van der Waals surface area contributed by atoms with Crippen LogP contribution < -0.4 is 5.32 Å². The summed E-state index contributed by atoms with van der Waals surface area (Å²) in [6.07, 6.45) is 0. The summed E-state index contributed by atoms with van der Waals surface area (Å²) in [4.78, 5) is 10.8. The maximum Gasteiger partial charge on any atom is 0.321 e. The number of carboxylic acids is 1. The quantitative estimate of drug-likeness (QED) is 0.729. The standard InChI is InChI=1S/C11H13NO3S/c1-6-2-3-9(13)7(4-6)10-12-8(5-16-10)11(14)15/h2-4,8,10,12-13H,5H2,1H3,(H,14,15). The van der Waals surface area contributed by atoms with Gasteiger partial charge in [0.1, 0.15) is 11.8 Å². The van der Waals surface area contributed by atoms with Gasteiger partial charge in [0.05, 0.1) is 5.37 Å². The fraction of sp³-hybridized carbons (Fsp3) is 0.364. The first-order chi connectivity index (χ1) is 7.58. The van der Waals surface area contributed by atoms with E-state index in [0.717, 1.165) is 11.1 Å². The van der Waals surface area contributed by atoms with Gasteiger partial charge in [-0.3, -0.25) is 10.1 Å². The smallest absolute Gasteiger partial charge is 0.321 e. The molecular formula is C11H13NO3S. The minimum Gasteiger partial charge on any atom is -0.508 e. The molecule has 2 unspecified atom stereocenters. The van der Waals surface area contributed by atoms with E-state index in [1.165, 1.54) is 11.8 Å². The highest BCUT2D eigenvalue weighted by molar-refractivity contribution is 7.99. The van der Waals surface area contributed by atoms with E-state index >= 15 is 0 Å². The highest BCUT2D eigenvalue weighted by Crippen LogP contribution is 2.37. The lowest BCUT2D eigenvalue weighted by molar-refractivity contribution is -0.138. The maximum atomic E-state index is 10.8. The maximum absolute atomic E-state index is 10.8. The van der Waals surface area contributed by atoms with Gasteiger partial charge in [-0.05, 0) is 19.1 Å². The Morgan fingerprint density at radius 3 is 2.94 bits per heavy atom. The highest BCUT2D eigenvalue weighted by atomic mass is 32.2. The van der Waals surface area contributed by atoms with E-state index in [1.807, 2.05) is 19.1 Å². The predicted octanol–water partition coefficient (Wildman–Crippen LogP) is 1.49. The molecular weight excluding hydrogens is 226 g/mol. The van der Waals surface area contributed by atoms with Crippen molar-refractivity contribution in [1.82, 2.24) is 5.32 Å². The van der Waals surface area contributed by atoms with E-state index < -0.39 is 12.0 Å². The first-order valence-electron chi connectivity index (χ1n) is 4.98. The molecule has 1 aliphatic heterocycles. The van der Waals surface area contributed by atoms with E-state index in [0.29, 0.717) is 5.75 Å². The van der Waals surface area contributed by atoms with Crippen LogP contribution in [-0.2, 0) is 4.79 Å². The van der Waals surface area contributed by atoms with E-state index in [-0.39, 0.29) is 11.1 Å². The number of carboxylic acid groups (broad SMARTS) is 1. The summed E-state index contributed by atoms with van der Waals surface area (Å²) in [5, 5.41) is 21.4. The van der Waals surface area contributed by atoms with E-state index in [1.54, 1.807) is 6.07 Å². The minimum atomic E-state index is -0.845. The molecule has 1 heterocycles. The molecule has 0 amide bonds. The second-order valence-electron chi connectivity index (χ2n) is 3.83. The van der Waals surface area contributed by atoms with Gasteiger partial charge in [0.25, 0.3) is 0 Å². The van der Waals surface area contributed by atoms with E-state index in [9.17, 15) is 9.90 Å². The number of aryl methyl sites for hydroxylation is 1. The third kappa shape index (κ3) is 2.15. The van der Waals surface area contributed by atoms with Crippen molar-refractivity contribution in [3.8, 4) is 5.75 Å². The van der Waals surface area contributed by atoms with Crippen molar-refractivity contribution in [2.24, 2.45) is 0 Å². The lowest BCUT2D eigenvalue weighted by atomic mass is 10.1. The Morgan fingerprint density at radius 1 is 1.56 bits per heavy atom. The van der Waals surface area contributed by atoms with Gasteiger partial charge in [0.2, 0.25) is 0 Å². The molecule has 0 radical (unpaired) electrons. The molecule has 0 aromatic heterocycles. The van der Waals surface area contributed by atoms with Gasteiger partial charge in [-0.25, -0.2) is 0 Å². The molecule has 5 heteroatoms. The van der Waals surface area contributed by atoms with Crippen LogP contribution in [0.5, 0.6) is 5.75 Å². The van der Waals surface area contributed by atoms with Crippen molar-refractivity contribution >= 4 is 17.7 Å². The second kappa shape index (κ2) is 4.35. The Bertz CT molecular complexity index is 422. The molecule has 3 N–H and O–H groups in total. The van der Waals surface area contributed by atoms with Crippen molar-refractivity contribution in [3.05, 3.63) is 29.3 Å². The Balaban J connectivity index is 2.20. The molecule has 2 atom stereocenters. The molecule has 1 saturated heterocycles. The van der Waals surface area contributed by atoms with Gasteiger partial charge in [-0.2, -0.15) is 0 Å². The summed E-state index contributed by atoms with van der Waals surface area (Å²) < 4.78 is 0. The lowest BCUT2D eigenvalue weighted by Crippen LogP contribution is -2.33. The minimum absolute atomic E-state index is 0.138. The van der Waals surface area contributed by atoms with Crippen LogP contribution >= 0.6 is 11.8 Å². The summed E-state index contributed by atoms with van der Waals surface area (Å²) in [6, 6.07) is 4.81. The van der Waals surface area contributed by atoms with E-state index in [4.69, 9.17) is 5.11 Å². The molecule has 1 aliphatic rings. The zero-order chi connectivity index (χ0) is 11.7. The molecule has 0 saturated carbocycles. The molecule has 1 aromatic carbocycles. The van der Waals surface area contributed by atoms with Gasteiger partial charge < -0.3 is 10.2 Å². The van der Waals surface area contributed by atoms with Crippen molar-refractivity contribution in [1.29, 1.82) is 0 Å². The van der Waals surface area contributed by atoms with Crippen molar-refractivity contribution in [3.63, 3.8) is 0 Å².